The molecule has 1 heteroatoms. The minimum absolute atomic E-state index is 0. The Kier molecular flexibility index (Phi) is 2.42. The van der Waals surface area contributed by atoms with Crippen LogP contribution in [0.4, 0.5) is 0 Å². The Morgan fingerprint density at radius 2 is 1.71 bits per heavy atom. The van der Waals surface area contributed by atoms with Crippen LogP contribution in [0, 0.1) is 6.42 Å². The molecule has 0 fully saturated rings. The van der Waals surface area contributed by atoms with E-state index in [9.17, 15) is 0 Å². The first-order chi connectivity index (χ1) is 6.45. The summed E-state index contributed by atoms with van der Waals surface area (Å²) in [5.74, 6) is 0. The van der Waals surface area contributed by atoms with Crippen LogP contribution < -0.4 is 18.9 Å². The summed E-state index contributed by atoms with van der Waals surface area (Å²) in [7, 11) is 0. The molecule has 2 aromatic carbocycles. The standard InChI is InChI=1S/C13H9.Li/c1-4-10-6-2-8-12-9-3-7-11(5-1)13(10)12;/h1-9H;/q-1;+1. The average Bonchev–Trinajstić information content (AvgIpc) is 2.19. The third-order valence-electron chi connectivity index (χ3n) is 2.52. The molecule has 2 aromatic rings. The Labute approximate surface area is 95.8 Å². The van der Waals surface area contributed by atoms with Gasteiger partial charge in [0, 0.05) is 0 Å². The quantitative estimate of drug-likeness (QED) is 0.399. The molecule has 0 saturated carbocycles. The van der Waals surface area contributed by atoms with E-state index >= 15 is 0 Å². The van der Waals surface area contributed by atoms with Crippen molar-refractivity contribution in [1.29, 1.82) is 0 Å². The molecule has 0 aliphatic heterocycles. The first kappa shape index (κ1) is 9.46. The van der Waals surface area contributed by atoms with Gasteiger partial charge in [-0.05, 0) is 0 Å². The van der Waals surface area contributed by atoms with Crippen LogP contribution in [0.15, 0.2) is 42.5 Å². The van der Waals surface area contributed by atoms with Crippen LogP contribution >= 0.6 is 0 Å². The molecule has 1 aliphatic rings. The van der Waals surface area contributed by atoms with Gasteiger partial charge in [-0.2, -0.15) is 0 Å². The number of allylic oxidation sites excluding steroid dienone is 1. The van der Waals surface area contributed by atoms with E-state index in [0.29, 0.717) is 0 Å². The van der Waals surface area contributed by atoms with Gasteiger partial charge in [0.2, 0.25) is 0 Å². The Morgan fingerprint density at radius 1 is 0.929 bits per heavy atom. The molecule has 0 bridgehead atoms. The van der Waals surface area contributed by atoms with Crippen molar-refractivity contribution in [2.75, 3.05) is 0 Å². The molecule has 0 saturated heterocycles. The fourth-order valence-corrected chi connectivity index (χ4v) is 1.93. The molecule has 62 valence electrons. The van der Waals surface area contributed by atoms with Crippen LogP contribution in [0.25, 0.3) is 16.8 Å². The van der Waals surface area contributed by atoms with Crippen LogP contribution in [0.2, 0.25) is 0 Å². The minimum Gasteiger partial charge on any atom is -0.145 e. The van der Waals surface area contributed by atoms with Crippen LogP contribution in [0.1, 0.15) is 11.1 Å². The van der Waals surface area contributed by atoms with Crippen molar-refractivity contribution in [2.24, 2.45) is 0 Å². The van der Waals surface area contributed by atoms with Crippen molar-refractivity contribution in [3.63, 3.8) is 0 Å². The van der Waals surface area contributed by atoms with Gasteiger partial charge < -0.3 is 0 Å². The van der Waals surface area contributed by atoms with Crippen molar-refractivity contribution >= 4 is 16.8 Å². The molecule has 1 aliphatic carbocycles. The fraction of sp³-hybridized carbons (Fsp3) is 0. The maximum atomic E-state index is 2.16. The van der Waals surface area contributed by atoms with Gasteiger partial charge in [-0.25, -0.2) is 0 Å². The van der Waals surface area contributed by atoms with Gasteiger partial charge in [-0.15, -0.1) is 41.8 Å². The molecular weight excluding hydrogens is 163 g/mol. The molecule has 0 atom stereocenters. The average molecular weight is 172 g/mol. The molecule has 0 amide bonds. The molecule has 0 radical (unpaired) electrons. The first-order valence-corrected chi connectivity index (χ1v) is 4.48. The molecule has 0 aromatic heterocycles. The van der Waals surface area contributed by atoms with E-state index < -0.39 is 0 Å². The summed E-state index contributed by atoms with van der Waals surface area (Å²) in [6.07, 6.45) is 6.43. The molecule has 0 unspecified atom stereocenters. The summed E-state index contributed by atoms with van der Waals surface area (Å²) in [5.41, 5.74) is 2.66. The zero-order valence-corrected chi connectivity index (χ0v) is 8.20. The fourth-order valence-electron chi connectivity index (χ4n) is 1.93. The molecule has 0 spiro atoms. The van der Waals surface area contributed by atoms with Gasteiger partial charge >= 0.3 is 18.9 Å². The number of benzene rings is 2. The van der Waals surface area contributed by atoms with E-state index in [0.717, 1.165) is 0 Å². The monoisotopic (exact) mass is 172 g/mol. The normalized spacial score (nSPS) is 12.0. The zero-order valence-electron chi connectivity index (χ0n) is 8.20. The van der Waals surface area contributed by atoms with E-state index in [1.807, 2.05) is 0 Å². The molecule has 14 heavy (non-hydrogen) atoms. The summed E-state index contributed by atoms with van der Waals surface area (Å²) in [4.78, 5) is 0. The number of hydrogen-bond acceptors (Lipinski definition) is 0. The van der Waals surface area contributed by atoms with Crippen LogP contribution in [0.5, 0.6) is 0 Å². The maximum Gasteiger partial charge on any atom is 1.00 e. The summed E-state index contributed by atoms with van der Waals surface area (Å²) in [6, 6.07) is 12.9. The van der Waals surface area contributed by atoms with Crippen LogP contribution in [-0.4, -0.2) is 0 Å². The second-order valence-electron chi connectivity index (χ2n) is 3.32. The van der Waals surface area contributed by atoms with Gasteiger partial charge in [0.1, 0.15) is 0 Å². The van der Waals surface area contributed by atoms with Gasteiger partial charge in [-0.3, -0.25) is 0 Å². The van der Waals surface area contributed by atoms with E-state index in [4.69, 9.17) is 0 Å². The Balaban J connectivity index is 0.000000750. The second-order valence-corrected chi connectivity index (χ2v) is 3.32. The van der Waals surface area contributed by atoms with E-state index in [1.54, 1.807) is 0 Å². The van der Waals surface area contributed by atoms with Gasteiger partial charge in [-0.1, -0.05) is 35.0 Å². The van der Waals surface area contributed by atoms with Crippen molar-refractivity contribution in [1.82, 2.24) is 0 Å². The predicted octanol–water partition coefficient (Wildman–Crippen LogP) is 0.423. The third-order valence-corrected chi connectivity index (χ3v) is 2.52. The van der Waals surface area contributed by atoms with Gasteiger partial charge in [0.15, 0.2) is 0 Å². The van der Waals surface area contributed by atoms with Crippen molar-refractivity contribution in [2.45, 2.75) is 0 Å². The number of rotatable bonds is 0. The zero-order chi connectivity index (χ0) is 8.67. The SMILES string of the molecule is C1=Cc2cccc3cccc(c23)[CH-]1.[Li+]. The molecule has 0 heterocycles. The first-order valence-electron chi connectivity index (χ1n) is 4.48. The summed E-state index contributed by atoms with van der Waals surface area (Å²) >= 11 is 0. The van der Waals surface area contributed by atoms with Crippen molar-refractivity contribution in [3.05, 3.63) is 60.0 Å². The van der Waals surface area contributed by atoms with E-state index in [1.165, 1.54) is 21.9 Å². The van der Waals surface area contributed by atoms with Gasteiger partial charge in [0.25, 0.3) is 0 Å². The molecule has 0 N–H and O–H groups in total. The van der Waals surface area contributed by atoms with E-state index in [2.05, 4.69) is 55.0 Å². The van der Waals surface area contributed by atoms with Crippen molar-refractivity contribution in [3.8, 4) is 0 Å². The second kappa shape index (κ2) is 3.57. The predicted molar refractivity (Wildman–Crippen MR) is 56.4 cm³/mol. The van der Waals surface area contributed by atoms with Crippen molar-refractivity contribution < 1.29 is 18.9 Å². The summed E-state index contributed by atoms with van der Waals surface area (Å²) in [5, 5.41) is 2.71. The Morgan fingerprint density at radius 3 is 2.57 bits per heavy atom. The Hall–Kier alpha value is -1.09. The third kappa shape index (κ3) is 1.28. The smallest absolute Gasteiger partial charge is 0.145 e. The van der Waals surface area contributed by atoms with Crippen LogP contribution in [0.3, 0.4) is 0 Å². The Bertz CT molecular complexity index is 492. The van der Waals surface area contributed by atoms with Crippen LogP contribution in [-0.2, 0) is 0 Å². The minimum atomic E-state index is 0. The molecular formula is C13H9Li. The molecule has 3 rings (SSSR count). The summed E-state index contributed by atoms with van der Waals surface area (Å²) in [6.45, 7) is 0. The largest absolute Gasteiger partial charge is 1.00 e. The van der Waals surface area contributed by atoms with E-state index in [-0.39, 0.29) is 18.9 Å². The van der Waals surface area contributed by atoms with Gasteiger partial charge in [0.05, 0.1) is 0 Å². The number of hydrogen-bond donors (Lipinski definition) is 0. The molecule has 0 nitrogen and oxygen atoms in total. The summed E-state index contributed by atoms with van der Waals surface area (Å²) < 4.78 is 0. The maximum absolute atomic E-state index is 2.16. The topological polar surface area (TPSA) is 0 Å².